The molecule has 3 heteroatoms. The second-order valence-corrected chi connectivity index (χ2v) is 7.10. The summed E-state index contributed by atoms with van der Waals surface area (Å²) in [6.07, 6.45) is 4.07. The Morgan fingerprint density at radius 1 is 1.16 bits per heavy atom. The van der Waals surface area contributed by atoms with E-state index in [2.05, 4.69) is 63.2 Å². The first kappa shape index (κ1) is 15.8. The zero-order valence-electron chi connectivity index (χ0n) is 13.3. The Balaban J connectivity index is 2.70. The fraction of sp³-hybridized carbons (Fsp3) is 0.688. The van der Waals surface area contributed by atoms with Crippen LogP contribution in [0.2, 0.25) is 0 Å². The van der Waals surface area contributed by atoms with Crippen LogP contribution in [-0.4, -0.2) is 17.1 Å². The lowest BCUT2D eigenvalue weighted by molar-refractivity contribution is 0.302. The lowest BCUT2D eigenvalue weighted by Gasteiger charge is -2.34. The van der Waals surface area contributed by atoms with Gasteiger partial charge in [-0.05, 0) is 38.2 Å². The summed E-state index contributed by atoms with van der Waals surface area (Å²) >= 11 is 0. The Bertz CT molecular complexity index is 391. The zero-order valence-corrected chi connectivity index (χ0v) is 13.3. The highest BCUT2D eigenvalue weighted by atomic mass is 15.0. The summed E-state index contributed by atoms with van der Waals surface area (Å²) in [5.41, 5.74) is 1.51. The van der Waals surface area contributed by atoms with Crippen molar-refractivity contribution in [1.82, 2.24) is 4.98 Å². The highest BCUT2D eigenvalue weighted by Gasteiger charge is 2.25. The quantitative estimate of drug-likeness (QED) is 0.791. The van der Waals surface area contributed by atoms with Crippen LogP contribution in [0, 0.1) is 5.41 Å². The van der Waals surface area contributed by atoms with Gasteiger partial charge >= 0.3 is 0 Å². The maximum Gasteiger partial charge on any atom is 0.127 e. The minimum absolute atomic E-state index is 0.0711. The van der Waals surface area contributed by atoms with E-state index in [0.717, 1.165) is 30.9 Å². The molecule has 19 heavy (non-hydrogen) atoms. The van der Waals surface area contributed by atoms with E-state index in [1.54, 1.807) is 0 Å². The second kappa shape index (κ2) is 6.27. The molecular formula is C16H29N3. The number of nitrogens with zero attached hydrogens (tertiary/aromatic N) is 1. The van der Waals surface area contributed by atoms with E-state index in [-0.39, 0.29) is 5.54 Å². The van der Waals surface area contributed by atoms with Crippen LogP contribution >= 0.6 is 0 Å². The minimum atomic E-state index is 0.0711. The topological polar surface area (TPSA) is 37.0 Å². The minimum Gasteiger partial charge on any atom is -0.380 e. The molecule has 0 saturated heterocycles. The van der Waals surface area contributed by atoms with Gasteiger partial charge in [0.15, 0.2) is 0 Å². The highest BCUT2D eigenvalue weighted by molar-refractivity contribution is 5.53. The molecule has 0 amide bonds. The Labute approximate surface area is 118 Å². The van der Waals surface area contributed by atoms with Crippen molar-refractivity contribution in [1.29, 1.82) is 0 Å². The number of anilines is 2. The predicted octanol–water partition coefficient (Wildman–Crippen LogP) is 4.53. The van der Waals surface area contributed by atoms with Gasteiger partial charge in [0.2, 0.25) is 0 Å². The van der Waals surface area contributed by atoms with Gasteiger partial charge in [-0.15, -0.1) is 0 Å². The van der Waals surface area contributed by atoms with Crippen molar-refractivity contribution in [3.63, 3.8) is 0 Å². The van der Waals surface area contributed by atoms with Crippen LogP contribution in [0.15, 0.2) is 18.3 Å². The Kier molecular flexibility index (Phi) is 5.21. The third kappa shape index (κ3) is 6.46. The molecule has 0 saturated carbocycles. The van der Waals surface area contributed by atoms with Crippen molar-refractivity contribution in [2.75, 3.05) is 17.2 Å². The molecular weight excluding hydrogens is 234 g/mol. The van der Waals surface area contributed by atoms with Gasteiger partial charge in [0.25, 0.3) is 0 Å². The lowest BCUT2D eigenvalue weighted by Crippen LogP contribution is -2.35. The molecule has 0 aliphatic rings. The molecule has 2 N–H and O–H groups in total. The van der Waals surface area contributed by atoms with E-state index < -0.39 is 0 Å². The molecule has 3 nitrogen and oxygen atoms in total. The molecule has 108 valence electrons. The Hall–Kier alpha value is -1.25. The molecule has 0 fully saturated rings. The molecule has 0 unspecified atom stereocenters. The second-order valence-electron chi connectivity index (χ2n) is 7.10. The van der Waals surface area contributed by atoms with Crippen LogP contribution in [-0.2, 0) is 0 Å². The van der Waals surface area contributed by atoms with Gasteiger partial charge < -0.3 is 10.6 Å². The summed E-state index contributed by atoms with van der Waals surface area (Å²) in [4.78, 5) is 4.33. The SMILES string of the molecule is CCCNc1cc(NC(C)(C)CC(C)(C)C)ccn1. The van der Waals surface area contributed by atoms with Crippen molar-refractivity contribution in [3.05, 3.63) is 18.3 Å². The van der Waals surface area contributed by atoms with Crippen LogP contribution in [0.25, 0.3) is 0 Å². The van der Waals surface area contributed by atoms with E-state index in [1.807, 2.05) is 12.3 Å². The van der Waals surface area contributed by atoms with Crippen LogP contribution in [0.5, 0.6) is 0 Å². The van der Waals surface area contributed by atoms with Crippen LogP contribution in [0.1, 0.15) is 54.4 Å². The summed E-state index contributed by atoms with van der Waals surface area (Å²) in [5, 5.41) is 6.93. The number of hydrogen-bond donors (Lipinski definition) is 2. The van der Waals surface area contributed by atoms with Crippen molar-refractivity contribution < 1.29 is 0 Å². The largest absolute Gasteiger partial charge is 0.380 e. The molecule has 1 rings (SSSR count). The van der Waals surface area contributed by atoms with Gasteiger partial charge in [0, 0.05) is 30.0 Å². The standard InChI is InChI=1S/C16H29N3/c1-7-9-17-14-11-13(8-10-18-14)19-16(5,6)12-15(2,3)4/h8,10-11H,7,9,12H2,1-6H3,(H2,17,18,19). The first-order valence-corrected chi connectivity index (χ1v) is 7.20. The summed E-state index contributed by atoms with van der Waals surface area (Å²) in [5.74, 6) is 0.943. The first-order valence-electron chi connectivity index (χ1n) is 7.20. The number of hydrogen-bond acceptors (Lipinski definition) is 3. The number of pyridine rings is 1. The lowest BCUT2D eigenvalue weighted by atomic mass is 9.81. The summed E-state index contributed by atoms with van der Waals surface area (Å²) < 4.78 is 0. The zero-order chi connectivity index (χ0) is 14.5. The van der Waals surface area contributed by atoms with Crippen molar-refractivity contribution in [2.24, 2.45) is 5.41 Å². The molecule has 1 aromatic heterocycles. The maximum absolute atomic E-state index is 4.33. The molecule has 0 radical (unpaired) electrons. The van der Waals surface area contributed by atoms with E-state index >= 15 is 0 Å². The fourth-order valence-electron chi connectivity index (χ4n) is 2.62. The molecule has 0 aliphatic carbocycles. The average Bonchev–Trinajstić information content (AvgIpc) is 2.22. The Morgan fingerprint density at radius 3 is 2.42 bits per heavy atom. The van der Waals surface area contributed by atoms with E-state index in [1.165, 1.54) is 0 Å². The van der Waals surface area contributed by atoms with E-state index in [9.17, 15) is 0 Å². The monoisotopic (exact) mass is 263 g/mol. The van der Waals surface area contributed by atoms with Crippen molar-refractivity contribution >= 4 is 11.5 Å². The van der Waals surface area contributed by atoms with Crippen LogP contribution in [0.3, 0.4) is 0 Å². The van der Waals surface area contributed by atoms with Crippen molar-refractivity contribution in [3.8, 4) is 0 Å². The van der Waals surface area contributed by atoms with Gasteiger partial charge in [-0.25, -0.2) is 4.98 Å². The summed E-state index contributed by atoms with van der Waals surface area (Å²) in [6.45, 7) is 14.4. The molecule has 0 spiro atoms. The molecule has 0 atom stereocenters. The normalized spacial score (nSPS) is 12.3. The molecule has 0 bridgehead atoms. The van der Waals surface area contributed by atoms with Gasteiger partial charge in [0.1, 0.15) is 5.82 Å². The van der Waals surface area contributed by atoms with Crippen LogP contribution in [0.4, 0.5) is 11.5 Å². The van der Waals surface area contributed by atoms with Gasteiger partial charge in [-0.1, -0.05) is 27.7 Å². The van der Waals surface area contributed by atoms with E-state index in [0.29, 0.717) is 5.41 Å². The smallest absolute Gasteiger partial charge is 0.127 e. The summed E-state index contributed by atoms with van der Waals surface area (Å²) in [6, 6.07) is 4.11. The number of rotatable bonds is 6. The van der Waals surface area contributed by atoms with Crippen molar-refractivity contribution in [2.45, 2.75) is 59.9 Å². The molecule has 0 aliphatic heterocycles. The third-order valence-corrected chi connectivity index (χ3v) is 2.77. The van der Waals surface area contributed by atoms with Gasteiger partial charge in [-0.3, -0.25) is 0 Å². The maximum atomic E-state index is 4.33. The fourth-order valence-corrected chi connectivity index (χ4v) is 2.62. The highest BCUT2D eigenvalue weighted by Crippen LogP contribution is 2.29. The number of aromatic nitrogens is 1. The molecule has 0 aromatic carbocycles. The van der Waals surface area contributed by atoms with Crippen LogP contribution < -0.4 is 10.6 Å². The van der Waals surface area contributed by atoms with Gasteiger partial charge in [0.05, 0.1) is 0 Å². The first-order chi connectivity index (χ1) is 8.72. The average molecular weight is 263 g/mol. The number of nitrogens with one attached hydrogen (secondary N) is 2. The Morgan fingerprint density at radius 2 is 1.84 bits per heavy atom. The predicted molar refractivity (Wildman–Crippen MR) is 84.8 cm³/mol. The van der Waals surface area contributed by atoms with Gasteiger partial charge in [-0.2, -0.15) is 0 Å². The summed E-state index contributed by atoms with van der Waals surface area (Å²) in [7, 11) is 0. The molecule has 1 heterocycles. The third-order valence-electron chi connectivity index (χ3n) is 2.77. The van der Waals surface area contributed by atoms with E-state index in [4.69, 9.17) is 0 Å². The molecule has 1 aromatic rings.